The van der Waals surface area contributed by atoms with E-state index in [9.17, 15) is 13.6 Å². The average Bonchev–Trinajstić information content (AvgIpc) is 2.15. The van der Waals surface area contributed by atoms with Crippen LogP contribution in [0.15, 0.2) is 12.3 Å². The van der Waals surface area contributed by atoms with Gasteiger partial charge >= 0.3 is 0 Å². The molecule has 1 aromatic rings. The molecule has 6 heteroatoms. The van der Waals surface area contributed by atoms with E-state index in [0.29, 0.717) is 5.69 Å². The summed E-state index contributed by atoms with van der Waals surface area (Å²) in [7, 11) is 1.30. The third-order valence-electron chi connectivity index (χ3n) is 1.98. The molecule has 0 bridgehead atoms. The molecule has 0 fully saturated rings. The number of rotatable bonds is 3. The molecule has 0 spiro atoms. The second kappa shape index (κ2) is 5.21. The maximum absolute atomic E-state index is 12.1. The van der Waals surface area contributed by atoms with E-state index < -0.39 is 18.9 Å². The zero-order valence-corrected chi connectivity index (χ0v) is 9.63. The van der Waals surface area contributed by atoms with Gasteiger partial charge in [0, 0.05) is 18.9 Å². The lowest BCUT2D eigenvalue weighted by atomic mass is 10.2. The summed E-state index contributed by atoms with van der Waals surface area (Å²) < 4.78 is 24.2. The summed E-state index contributed by atoms with van der Waals surface area (Å²) in [6.07, 6.45) is -1.27. The summed E-state index contributed by atoms with van der Waals surface area (Å²) in [6, 6.07) is 1.52. The van der Waals surface area contributed by atoms with Gasteiger partial charge in [-0.1, -0.05) is 11.6 Å². The zero-order chi connectivity index (χ0) is 12.3. The van der Waals surface area contributed by atoms with Crippen LogP contribution in [0.5, 0.6) is 0 Å². The Kier molecular flexibility index (Phi) is 4.18. The van der Waals surface area contributed by atoms with Gasteiger partial charge in [-0.05, 0) is 13.0 Å². The maximum atomic E-state index is 12.1. The normalized spacial score (nSPS) is 10.6. The van der Waals surface area contributed by atoms with Gasteiger partial charge < -0.3 is 4.90 Å². The Balaban J connectivity index is 2.88. The van der Waals surface area contributed by atoms with Gasteiger partial charge in [0.1, 0.15) is 0 Å². The predicted octanol–water partition coefficient (Wildman–Crippen LogP) is 2.38. The quantitative estimate of drug-likeness (QED) is 0.823. The van der Waals surface area contributed by atoms with E-state index in [2.05, 4.69) is 4.98 Å². The predicted molar refractivity (Wildman–Crippen MR) is 56.9 cm³/mol. The summed E-state index contributed by atoms with van der Waals surface area (Å²) >= 11 is 5.83. The average molecular weight is 249 g/mol. The van der Waals surface area contributed by atoms with E-state index in [1.807, 2.05) is 0 Å². The van der Waals surface area contributed by atoms with Crippen LogP contribution in [0.4, 0.5) is 8.78 Å². The van der Waals surface area contributed by atoms with Gasteiger partial charge in [0.2, 0.25) is 0 Å². The van der Waals surface area contributed by atoms with Gasteiger partial charge in [-0.25, -0.2) is 8.78 Å². The van der Waals surface area contributed by atoms with Gasteiger partial charge in [0.25, 0.3) is 12.3 Å². The third kappa shape index (κ3) is 3.13. The number of hydrogen-bond donors (Lipinski definition) is 0. The number of amides is 1. The van der Waals surface area contributed by atoms with E-state index in [1.54, 1.807) is 6.92 Å². The van der Waals surface area contributed by atoms with Gasteiger partial charge in [-0.15, -0.1) is 0 Å². The first-order valence-corrected chi connectivity index (χ1v) is 4.95. The Morgan fingerprint density at radius 1 is 1.62 bits per heavy atom. The molecule has 1 rings (SSSR count). The summed E-state index contributed by atoms with van der Waals surface area (Å²) in [5.74, 6) is -0.558. The smallest absolute Gasteiger partial charge is 0.256 e. The second-order valence-electron chi connectivity index (χ2n) is 3.38. The van der Waals surface area contributed by atoms with Crippen LogP contribution in [-0.2, 0) is 0 Å². The summed E-state index contributed by atoms with van der Waals surface area (Å²) in [6.45, 7) is 1.10. The van der Waals surface area contributed by atoms with Crippen molar-refractivity contribution in [3.05, 3.63) is 28.5 Å². The summed E-state index contributed by atoms with van der Waals surface area (Å²) in [4.78, 5) is 16.5. The van der Waals surface area contributed by atoms with Crippen LogP contribution in [0.25, 0.3) is 0 Å². The van der Waals surface area contributed by atoms with Crippen molar-refractivity contribution < 1.29 is 13.6 Å². The number of carbonyl (C=O) groups excluding carboxylic acids is 1. The number of alkyl halides is 2. The van der Waals surface area contributed by atoms with E-state index in [-0.39, 0.29) is 10.6 Å². The Labute approximate surface area is 97.0 Å². The summed E-state index contributed by atoms with van der Waals surface area (Å²) in [5.41, 5.74) is 0.800. The van der Waals surface area contributed by atoms with E-state index in [1.165, 1.54) is 19.3 Å². The van der Waals surface area contributed by atoms with Crippen LogP contribution in [-0.4, -0.2) is 35.8 Å². The fourth-order valence-electron chi connectivity index (χ4n) is 1.18. The van der Waals surface area contributed by atoms with Crippen molar-refractivity contribution in [1.29, 1.82) is 0 Å². The molecule has 0 radical (unpaired) electrons. The molecule has 3 nitrogen and oxygen atoms in total. The van der Waals surface area contributed by atoms with Crippen LogP contribution in [0.1, 0.15) is 16.1 Å². The third-order valence-corrected chi connectivity index (χ3v) is 2.29. The van der Waals surface area contributed by atoms with Crippen LogP contribution in [0, 0.1) is 6.92 Å². The molecule has 0 unspecified atom stereocenters. The van der Waals surface area contributed by atoms with Crippen molar-refractivity contribution in [1.82, 2.24) is 9.88 Å². The molecule has 0 aromatic carbocycles. The lowest BCUT2D eigenvalue weighted by Crippen LogP contribution is -2.31. The molecular weight excluding hydrogens is 238 g/mol. The van der Waals surface area contributed by atoms with E-state index in [4.69, 9.17) is 11.6 Å². The SMILES string of the molecule is Cc1cc(Cl)c(C(=O)N(C)CC(F)F)cn1. The Morgan fingerprint density at radius 3 is 2.75 bits per heavy atom. The zero-order valence-electron chi connectivity index (χ0n) is 8.88. The standard InChI is InChI=1S/C10H11ClF2N2O/c1-6-3-8(11)7(4-14-6)10(16)15(2)5-9(12)13/h3-4,9H,5H2,1-2H3. The number of halogens is 3. The van der Waals surface area contributed by atoms with Gasteiger partial charge in [0.05, 0.1) is 17.1 Å². The van der Waals surface area contributed by atoms with Crippen molar-refractivity contribution in [2.24, 2.45) is 0 Å². The molecule has 0 aliphatic rings. The van der Waals surface area contributed by atoms with E-state index in [0.717, 1.165) is 4.90 Å². The largest absolute Gasteiger partial charge is 0.336 e. The highest BCUT2D eigenvalue weighted by molar-refractivity contribution is 6.33. The first kappa shape index (κ1) is 12.8. The molecule has 0 aliphatic heterocycles. The van der Waals surface area contributed by atoms with Crippen molar-refractivity contribution in [3.63, 3.8) is 0 Å². The van der Waals surface area contributed by atoms with Crippen LogP contribution >= 0.6 is 11.6 Å². The molecular formula is C10H11ClF2N2O. The number of nitrogens with zero attached hydrogens (tertiary/aromatic N) is 2. The maximum Gasteiger partial charge on any atom is 0.256 e. The number of pyridine rings is 1. The molecule has 1 amide bonds. The molecule has 0 N–H and O–H groups in total. The van der Waals surface area contributed by atoms with Gasteiger partial charge in [-0.3, -0.25) is 9.78 Å². The topological polar surface area (TPSA) is 33.2 Å². The number of aryl methyl sites for hydroxylation is 1. The van der Waals surface area contributed by atoms with Crippen molar-refractivity contribution >= 4 is 17.5 Å². The van der Waals surface area contributed by atoms with Crippen molar-refractivity contribution in [3.8, 4) is 0 Å². The number of carbonyl (C=O) groups is 1. The molecule has 0 atom stereocenters. The minimum atomic E-state index is -2.56. The summed E-state index contributed by atoms with van der Waals surface area (Å²) in [5, 5.41) is 0.221. The van der Waals surface area contributed by atoms with Crippen LogP contribution in [0.3, 0.4) is 0 Å². The number of aromatic nitrogens is 1. The molecule has 0 saturated carbocycles. The second-order valence-corrected chi connectivity index (χ2v) is 3.79. The molecule has 1 aromatic heterocycles. The Hall–Kier alpha value is -1.23. The van der Waals surface area contributed by atoms with Crippen molar-refractivity contribution in [2.45, 2.75) is 13.3 Å². The highest BCUT2D eigenvalue weighted by Gasteiger charge is 2.18. The fraction of sp³-hybridized carbons (Fsp3) is 0.400. The Bertz CT molecular complexity index is 398. The lowest BCUT2D eigenvalue weighted by molar-refractivity contribution is 0.0620. The molecule has 0 aliphatic carbocycles. The van der Waals surface area contributed by atoms with Crippen LogP contribution < -0.4 is 0 Å². The van der Waals surface area contributed by atoms with Gasteiger partial charge in [-0.2, -0.15) is 0 Å². The van der Waals surface area contributed by atoms with E-state index >= 15 is 0 Å². The molecule has 1 heterocycles. The van der Waals surface area contributed by atoms with Gasteiger partial charge in [0.15, 0.2) is 0 Å². The Morgan fingerprint density at radius 2 is 2.25 bits per heavy atom. The first-order valence-electron chi connectivity index (χ1n) is 4.57. The fourth-order valence-corrected chi connectivity index (χ4v) is 1.47. The molecule has 16 heavy (non-hydrogen) atoms. The highest BCUT2D eigenvalue weighted by Crippen LogP contribution is 2.17. The first-order chi connectivity index (χ1) is 7.41. The lowest BCUT2D eigenvalue weighted by Gasteiger charge is -2.17. The minimum absolute atomic E-state index is 0.135. The minimum Gasteiger partial charge on any atom is -0.336 e. The highest BCUT2D eigenvalue weighted by atomic mass is 35.5. The number of hydrogen-bond acceptors (Lipinski definition) is 2. The molecule has 0 saturated heterocycles. The monoisotopic (exact) mass is 248 g/mol. The van der Waals surface area contributed by atoms with Crippen LogP contribution in [0.2, 0.25) is 5.02 Å². The molecule has 88 valence electrons. The van der Waals surface area contributed by atoms with Crippen molar-refractivity contribution in [2.75, 3.05) is 13.6 Å².